The monoisotopic (exact) mass is 371 g/mol. The van der Waals surface area contributed by atoms with E-state index < -0.39 is 11.0 Å². The summed E-state index contributed by atoms with van der Waals surface area (Å²) in [4.78, 5) is 29.0. The van der Waals surface area contributed by atoms with E-state index in [4.69, 9.17) is 9.47 Å². The van der Waals surface area contributed by atoms with Gasteiger partial charge in [-0.1, -0.05) is 17.7 Å². The first kappa shape index (κ1) is 18.8. The molecule has 27 heavy (non-hydrogen) atoms. The smallest absolute Gasteiger partial charge is 0.276 e. The molecule has 1 amide bonds. The van der Waals surface area contributed by atoms with Gasteiger partial charge in [-0.05, 0) is 25.5 Å². The molecule has 8 heteroatoms. The van der Waals surface area contributed by atoms with Crippen molar-refractivity contribution < 1.29 is 19.2 Å². The van der Waals surface area contributed by atoms with Gasteiger partial charge in [0.05, 0.1) is 24.1 Å². The Morgan fingerprint density at radius 2 is 1.96 bits per heavy atom. The molecule has 0 aliphatic carbocycles. The number of ether oxygens (including phenoxy) is 2. The second-order valence-corrected chi connectivity index (χ2v) is 6.57. The van der Waals surface area contributed by atoms with E-state index in [1.54, 1.807) is 12.0 Å². The first-order chi connectivity index (χ1) is 12.9. The molecule has 3 rings (SSSR count). The number of nitro groups is 1. The van der Waals surface area contributed by atoms with Crippen LogP contribution >= 0.6 is 0 Å². The van der Waals surface area contributed by atoms with Crippen LogP contribution in [-0.2, 0) is 4.74 Å². The van der Waals surface area contributed by atoms with E-state index in [1.807, 2.05) is 32.0 Å². The highest BCUT2D eigenvalue weighted by Gasteiger charge is 2.38. The number of carbonyl (C=O) groups excluding carboxylic acids is 1. The van der Waals surface area contributed by atoms with Crippen molar-refractivity contribution >= 4 is 11.6 Å². The van der Waals surface area contributed by atoms with E-state index in [0.29, 0.717) is 18.7 Å². The summed E-state index contributed by atoms with van der Waals surface area (Å²) in [5.41, 5.74) is 2.47. The number of hydrogen-bond acceptors (Lipinski definition) is 6. The van der Waals surface area contributed by atoms with Gasteiger partial charge >= 0.3 is 0 Å². The third-order valence-corrected chi connectivity index (χ3v) is 4.63. The van der Waals surface area contributed by atoms with E-state index in [2.05, 4.69) is 4.98 Å². The number of carbonyl (C=O) groups is 1. The van der Waals surface area contributed by atoms with E-state index in [0.717, 1.165) is 11.1 Å². The van der Waals surface area contributed by atoms with Gasteiger partial charge in [0, 0.05) is 24.9 Å². The summed E-state index contributed by atoms with van der Waals surface area (Å²) in [7, 11) is 1.55. The van der Waals surface area contributed by atoms with E-state index in [9.17, 15) is 14.9 Å². The Labute approximate surface area is 156 Å². The number of benzene rings is 1. The molecular weight excluding hydrogens is 350 g/mol. The minimum Gasteiger partial charge on any atom is -0.469 e. The van der Waals surface area contributed by atoms with E-state index in [1.165, 1.54) is 18.3 Å². The van der Waals surface area contributed by atoms with Gasteiger partial charge in [-0.3, -0.25) is 14.9 Å². The number of amides is 1. The van der Waals surface area contributed by atoms with Gasteiger partial charge in [0.1, 0.15) is 12.2 Å². The number of methoxy groups -OCH3 is 1. The number of likely N-dealkylation sites (tertiary alicyclic amines) is 1. The van der Waals surface area contributed by atoms with Crippen molar-refractivity contribution in [2.45, 2.75) is 26.1 Å². The molecule has 1 aromatic carbocycles. The van der Waals surface area contributed by atoms with Crippen molar-refractivity contribution in [1.82, 2.24) is 9.88 Å². The second kappa shape index (κ2) is 7.71. The van der Waals surface area contributed by atoms with Crippen LogP contribution in [0.1, 0.15) is 21.5 Å². The fraction of sp³-hybridized carbons (Fsp3) is 0.368. The number of nitrogens with zero attached hydrogens (tertiary/aromatic N) is 3. The predicted molar refractivity (Wildman–Crippen MR) is 97.9 cm³/mol. The van der Waals surface area contributed by atoms with Crippen LogP contribution in [0.25, 0.3) is 0 Å². The van der Waals surface area contributed by atoms with Crippen LogP contribution in [0.4, 0.5) is 5.69 Å². The lowest BCUT2D eigenvalue weighted by molar-refractivity contribution is -0.385. The number of hydrogen-bond donors (Lipinski definition) is 0. The average molecular weight is 371 g/mol. The van der Waals surface area contributed by atoms with Crippen LogP contribution in [0.2, 0.25) is 0 Å². The number of pyridine rings is 1. The van der Waals surface area contributed by atoms with Crippen molar-refractivity contribution in [3.63, 3.8) is 0 Å². The third kappa shape index (κ3) is 4.06. The van der Waals surface area contributed by atoms with Crippen molar-refractivity contribution in [2.24, 2.45) is 0 Å². The zero-order chi connectivity index (χ0) is 19.6. The lowest BCUT2D eigenvalue weighted by Crippen LogP contribution is -2.32. The molecule has 1 fully saturated rings. The summed E-state index contributed by atoms with van der Waals surface area (Å²) in [5, 5.41) is 10.9. The Morgan fingerprint density at radius 1 is 1.22 bits per heavy atom. The van der Waals surface area contributed by atoms with E-state index in [-0.39, 0.29) is 23.6 Å². The maximum absolute atomic E-state index is 12.9. The number of aryl methyl sites for hydroxylation is 2. The molecule has 0 saturated carbocycles. The fourth-order valence-electron chi connectivity index (χ4n) is 3.12. The van der Waals surface area contributed by atoms with Gasteiger partial charge in [-0.25, -0.2) is 4.98 Å². The quantitative estimate of drug-likeness (QED) is 0.592. The molecular formula is C19H21N3O5. The maximum Gasteiger partial charge on any atom is 0.276 e. The highest BCUT2D eigenvalue weighted by Crippen LogP contribution is 2.24. The predicted octanol–water partition coefficient (Wildman–Crippen LogP) is 2.53. The minimum atomic E-state index is -0.507. The Morgan fingerprint density at radius 3 is 2.67 bits per heavy atom. The molecule has 0 N–H and O–H groups in total. The van der Waals surface area contributed by atoms with Crippen LogP contribution in [0.3, 0.4) is 0 Å². The highest BCUT2D eigenvalue weighted by molar-refractivity contribution is 5.96. The molecule has 8 nitrogen and oxygen atoms in total. The molecule has 1 aromatic heterocycles. The summed E-state index contributed by atoms with van der Waals surface area (Å²) >= 11 is 0. The molecule has 142 valence electrons. The molecule has 0 bridgehead atoms. The topological polar surface area (TPSA) is 94.8 Å². The molecule has 2 heterocycles. The molecule has 1 aliphatic rings. The van der Waals surface area contributed by atoms with Crippen molar-refractivity contribution in [3.8, 4) is 5.88 Å². The SMILES string of the molecule is COC1CN(C(=O)c2cc(C)ccc2C)CC1Oc1cc([N+](=O)[O-])ccn1. The third-order valence-electron chi connectivity index (χ3n) is 4.63. The molecule has 1 saturated heterocycles. The molecule has 1 aliphatic heterocycles. The molecule has 2 unspecified atom stereocenters. The minimum absolute atomic E-state index is 0.0867. The van der Waals surface area contributed by atoms with Crippen LogP contribution in [-0.4, -0.2) is 53.1 Å². The van der Waals surface area contributed by atoms with Crippen LogP contribution in [0, 0.1) is 24.0 Å². The molecule has 0 radical (unpaired) electrons. The summed E-state index contributed by atoms with van der Waals surface area (Å²) in [5.74, 6) is 0.0497. The van der Waals surface area contributed by atoms with Gasteiger partial charge in [0.2, 0.25) is 5.88 Å². The first-order valence-corrected chi connectivity index (χ1v) is 8.55. The van der Waals surface area contributed by atoms with Crippen molar-refractivity contribution in [2.75, 3.05) is 20.2 Å². The lowest BCUT2D eigenvalue weighted by Gasteiger charge is -2.18. The summed E-state index contributed by atoms with van der Waals surface area (Å²) < 4.78 is 11.3. The van der Waals surface area contributed by atoms with Crippen LogP contribution in [0.5, 0.6) is 5.88 Å². The van der Waals surface area contributed by atoms with Gasteiger partial charge in [-0.2, -0.15) is 0 Å². The Kier molecular flexibility index (Phi) is 5.36. The lowest BCUT2D eigenvalue weighted by atomic mass is 10.0. The maximum atomic E-state index is 12.9. The highest BCUT2D eigenvalue weighted by atomic mass is 16.6. The zero-order valence-corrected chi connectivity index (χ0v) is 15.4. The van der Waals surface area contributed by atoms with Gasteiger partial charge in [0.15, 0.2) is 0 Å². The first-order valence-electron chi connectivity index (χ1n) is 8.55. The Balaban J connectivity index is 1.77. The van der Waals surface area contributed by atoms with Crippen LogP contribution < -0.4 is 4.74 Å². The van der Waals surface area contributed by atoms with Crippen molar-refractivity contribution in [1.29, 1.82) is 0 Å². The summed E-state index contributed by atoms with van der Waals surface area (Å²) in [6.45, 7) is 4.53. The Hall–Kier alpha value is -3.00. The standard InChI is InChI=1S/C19H21N3O5/c1-12-4-5-13(2)15(8-12)19(23)21-10-16(26-3)17(11-21)27-18-9-14(22(24)25)6-7-20-18/h4-9,16-17H,10-11H2,1-3H3. The molecule has 2 atom stereocenters. The van der Waals surface area contributed by atoms with Gasteiger partial charge < -0.3 is 14.4 Å². The molecule has 0 spiro atoms. The summed E-state index contributed by atoms with van der Waals surface area (Å²) in [6.07, 6.45) is 0.516. The van der Waals surface area contributed by atoms with Crippen LogP contribution in [0.15, 0.2) is 36.5 Å². The van der Waals surface area contributed by atoms with Gasteiger partial charge in [0.25, 0.3) is 11.6 Å². The normalized spacial score (nSPS) is 19.1. The largest absolute Gasteiger partial charge is 0.469 e. The van der Waals surface area contributed by atoms with Crippen molar-refractivity contribution in [3.05, 3.63) is 63.3 Å². The molecule has 2 aromatic rings. The Bertz CT molecular complexity index is 870. The second-order valence-electron chi connectivity index (χ2n) is 6.57. The number of aromatic nitrogens is 1. The fourth-order valence-corrected chi connectivity index (χ4v) is 3.12. The zero-order valence-electron chi connectivity index (χ0n) is 15.4. The summed E-state index contributed by atoms with van der Waals surface area (Å²) in [6, 6.07) is 8.32. The van der Waals surface area contributed by atoms with Gasteiger partial charge in [-0.15, -0.1) is 0 Å². The number of rotatable bonds is 5. The van der Waals surface area contributed by atoms with E-state index >= 15 is 0 Å². The average Bonchev–Trinajstić information content (AvgIpc) is 3.06.